The molecule has 3 aromatic rings. The van der Waals surface area contributed by atoms with E-state index in [0.29, 0.717) is 29.3 Å². The molecular weight excluding hydrogens is 360 g/mol. The summed E-state index contributed by atoms with van der Waals surface area (Å²) < 4.78 is 6.09. The Morgan fingerprint density at radius 1 is 1.30 bits per heavy atom. The summed E-state index contributed by atoms with van der Waals surface area (Å²) in [5.41, 5.74) is 4.76. The van der Waals surface area contributed by atoms with Crippen LogP contribution in [0.15, 0.2) is 42.6 Å². The fraction of sp³-hybridized carbons (Fsp3) is 0.273. The zero-order chi connectivity index (χ0) is 18.5. The van der Waals surface area contributed by atoms with Gasteiger partial charge in [-0.25, -0.2) is 0 Å². The van der Waals surface area contributed by atoms with Gasteiger partial charge in [-0.3, -0.25) is 9.78 Å². The maximum absolute atomic E-state index is 12.9. The first-order chi connectivity index (χ1) is 13.1. The van der Waals surface area contributed by atoms with Gasteiger partial charge in [-0.2, -0.15) is 0 Å². The first-order valence-electron chi connectivity index (χ1n) is 9.22. The molecule has 0 aliphatic carbocycles. The monoisotopic (exact) mass is 378 g/mol. The molecule has 1 aromatic heterocycles. The molecule has 27 heavy (non-hydrogen) atoms. The molecular formula is C22H19ClN2O2. The summed E-state index contributed by atoms with van der Waals surface area (Å²) in [5.74, 6) is 0.577. The molecule has 1 amide bonds. The minimum Gasteiger partial charge on any atom is -0.486 e. The number of aromatic nitrogens is 1. The largest absolute Gasteiger partial charge is 0.486 e. The third-order valence-corrected chi connectivity index (χ3v) is 6.04. The summed E-state index contributed by atoms with van der Waals surface area (Å²) in [4.78, 5) is 19.2. The van der Waals surface area contributed by atoms with Gasteiger partial charge in [0.2, 0.25) is 0 Å². The number of halogens is 1. The second kappa shape index (κ2) is 6.24. The molecule has 2 bridgehead atoms. The molecule has 0 spiro atoms. The molecule has 4 nitrogen and oxygen atoms in total. The van der Waals surface area contributed by atoms with Crippen LogP contribution in [0.2, 0.25) is 5.02 Å². The molecule has 2 aromatic carbocycles. The fourth-order valence-corrected chi connectivity index (χ4v) is 4.30. The molecule has 1 fully saturated rings. The smallest absolute Gasteiger partial charge is 0.257 e. The molecule has 3 heterocycles. The number of benzene rings is 2. The standard InChI is InChI=1S/C22H19ClN2O2/c1-13-16(10-14-4-5-19-15(9-14)3-2-7-24-19)11-18-21(20(13)23)27-17-6-8-25(12-17)22(18)26/h2-5,7,9,11,17H,6,8,10,12H2,1H3. The van der Waals surface area contributed by atoms with E-state index >= 15 is 0 Å². The zero-order valence-corrected chi connectivity index (χ0v) is 15.8. The van der Waals surface area contributed by atoms with Crippen molar-refractivity contribution in [3.63, 3.8) is 0 Å². The molecule has 0 N–H and O–H groups in total. The summed E-state index contributed by atoms with van der Waals surface area (Å²) in [7, 11) is 0. The van der Waals surface area contributed by atoms with Crippen molar-refractivity contribution in [2.45, 2.75) is 25.9 Å². The average molecular weight is 379 g/mol. The second-order valence-electron chi connectivity index (χ2n) is 7.34. The van der Waals surface area contributed by atoms with Gasteiger partial charge in [0.25, 0.3) is 5.91 Å². The molecule has 0 saturated carbocycles. The quantitative estimate of drug-likeness (QED) is 0.664. The van der Waals surface area contributed by atoms with Gasteiger partial charge in [0.15, 0.2) is 5.75 Å². The lowest BCUT2D eigenvalue weighted by Crippen LogP contribution is -2.28. The van der Waals surface area contributed by atoms with Gasteiger partial charge < -0.3 is 9.64 Å². The van der Waals surface area contributed by atoms with Crippen LogP contribution in [-0.2, 0) is 6.42 Å². The van der Waals surface area contributed by atoms with Gasteiger partial charge in [0.05, 0.1) is 22.6 Å². The van der Waals surface area contributed by atoms with Crippen LogP contribution in [0.5, 0.6) is 5.75 Å². The molecule has 2 aliphatic heterocycles. The van der Waals surface area contributed by atoms with Gasteiger partial charge in [-0.1, -0.05) is 23.7 Å². The predicted molar refractivity (Wildman–Crippen MR) is 106 cm³/mol. The van der Waals surface area contributed by atoms with E-state index in [9.17, 15) is 4.79 Å². The number of nitrogens with zero attached hydrogens (tertiary/aromatic N) is 2. The van der Waals surface area contributed by atoms with Crippen LogP contribution < -0.4 is 4.74 Å². The Morgan fingerprint density at radius 3 is 3.07 bits per heavy atom. The van der Waals surface area contributed by atoms with E-state index in [1.54, 1.807) is 6.20 Å². The molecule has 2 aliphatic rings. The van der Waals surface area contributed by atoms with Crippen molar-refractivity contribution in [1.82, 2.24) is 9.88 Å². The Hall–Kier alpha value is -2.59. The number of hydrogen-bond donors (Lipinski definition) is 0. The van der Waals surface area contributed by atoms with Gasteiger partial charge in [0, 0.05) is 24.5 Å². The lowest BCUT2D eigenvalue weighted by atomic mass is 9.96. The number of fused-ring (bicyclic) bond motifs is 4. The summed E-state index contributed by atoms with van der Waals surface area (Å²) in [5, 5.41) is 1.67. The number of ether oxygens (including phenoxy) is 1. The van der Waals surface area contributed by atoms with Crippen molar-refractivity contribution >= 4 is 28.4 Å². The molecule has 0 radical (unpaired) electrons. The number of amides is 1. The third kappa shape index (κ3) is 2.76. The van der Waals surface area contributed by atoms with Crippen LogP contribution >= 0.6 is 11.6 Å². The number of carbonyl (C=O) groups is 1. The lowest BCUT2D eigenvalue weighted by Gasteiger charge is -2.20. The van der Waals surface area contributed by atoms with Crippen molar-refractivity contribution in [3.8, 4) is 5.75 Å². The van der Waals surface area contributed by atoms with Crippen LogP contribution in [0.3, 0.4) is 0 Å². The van der Waals surface area contributed by atoms with Gasteiger partial charge in [-0.15, -0.1) is 0 Å². The van der Waals surface area contributed by atoms with Crippen LogP contribution in [-0.4, -0.2) is 35.0 Å². The summed E-state index contributed by atoms with van der Waals surface area (Å²) in [6.45, 7) is 3.40. The molecule has 1 unspecified atom stereocenters. The highest BCUT2D eigenvalue weighted by molar-refractivity contribution is 6.33. The Bertz CT molecular complexity index is 1080. The van der Waals surface area contributed by atoms with E-state index in [0.717, 1.165) is 35.0 Å². The Balaban J connectivity index is 1.57. The van der Waals surface area contributed by atoms with E-state index < -0.39 is 0 Å². The van der Waals surface area contributed by atoms with Gasteiger partial charge in [0.1, 0.15) is 6.10 Å². The van der Waals surface area contributed by atoms with Crippen molar-refractivity contribution in [1.29, 1.82) is 0 Å². The van der Waals surface area contributed by atoms with E-state index in [4.69, 9.17) is 16.3 Å². The molecule has 1 saturated heterocycles. The maximum atomic E-state index is 12.9. The summed E-state index contributed by atoms with van der Waals surface area (Å²) in [6, 6.07) is 12.2. The highest BCUT2D eigenvalue weighted by Gasteiger charge is 2.36. The minimum atomic E-state index is 0.0239. The Morgan fingerprint density at radius 2 is 2.19 bits per heavy atom. The highest BCUT2D eigenvalue weighted by atomic mass is 35.5. The molecule has 1 atom stereocenters. The SMILES string of the molecule is Cc1c(Cc2ccc3ncccc3c2)cc2c(c1Cl)OC1CCN(C1)C2=O. The van der Waals surface area contributed by atoms with E-state index in [2.05, 4.69) is 23.2 Å². The van der Waals surface area contributed by atoms with Crippen molar-refractivity contribution in [2.75, 3.05) is 13.1 Å². The number of pyridine rings is 1. The van der Waals surface area contributed by atoms with Gasteiger partial charge in [-0.05, 0) is 54.3 Å². The lowest BCUT2D eigenvalue weighted by molar-refractivity contribution is 0.0792. The average Bonchev–Trinajstić information content (AvgIpc) is 3.10. The van der Waals surface area contributed by atoms with E-state index in [-0.39, 0.29) is 12.0 Å². The first kappa shape index (κ1) is 16.6. The van der Waals surface area contributed by atoms with Crippen LogP contribution in [0.1, 0.15) is 33.5 Å². The van der Waals surface area contributed by atoms with Crippen molar-refractivity contribution in [2.24, 2.45) is 0 Å². The number of rotatable bonds is 2. The maximum Gasteiger partial charge on any atom is 0.257 e. The van der Waals surface area contributed by atoms with Crippen LogP contribution in [0.4, 0.5) is 0 Å². The second-order valence-corrected chi connectivity index (χ2v) is 7.72. The third-order valence-electron chi connectivity index (χ3n) is 5.58. The van der Waals surface area contributed by atoms with Gasteiger partial charge >= 0.3 is 0 Å². The molecule has 5 rings (SSSR count). The zero-order valence-electron chi connectivity index (χ0n) is 15.0. The van der Waals surface area contributed by atoms with E-state index in [1.807, 2.05) is 30.0 Å². The highest BCUT2D eigenvalue weighted by Crippen LogP contribution is 2.39. The summed E-state index contributed by atoms with van der Waals surface area (Å²) in [6.07, 6.45) is 3.42. The van der Waals surface area contributed by atoms with Crippen molar-refractivity contribution in [3.05, 3.63) is 69.9 Å². The molecule has 5 heteroatoms. The van der Waals surface area contributed by atoms with Crippen LogP contribution in [0.25, 0.3) is 10.9 Å². The first-order valence-corrected chi connectivity index (χ1v) is 9.59. The molecule has 136 valence electrons. The van der Waals surface area contributed by atoms with Crippen LogP contribution in [0, 0.1) is 6.92 Å². The minimum absolute atomic E-state index is 0.0239. The topological polar surface area (TPSA) is 42.4 Å². The Kier molecular flexibility index (Phi) is 3.83. The fourth-order valence-electron chi connectivity index (χ4n) is 4.04. The predicted octanol–water partition coefficient (Wildman–Crippen LogP) is 4.39. The summed E-state index contributed by atoms with van der Waals surface area (Å²) >= 11 is 6.65. The van der Waals surface area contributed by atoms with E-state index in [1.165, 1.54) is 5.56 Å². The normalized spacial score (nSPS) is 18.4. The number of carbonyl (C=O) groups excluding carboxylic acids is 1. The Labute approximate surface area is 162 Å². The number of hydrogen-bond acceptors (Lipinski definition) is 3. The van der Waals surface area contributed by atoms with Crippen molar-refractivity contribution < 1.29 is 9.53 Å².